The first-order chi connectivity index (χ1) is 7.79. The van der Waals surface area contributed by atoms with Gasteiger partial charge in [-0.1, -0.05) is 6.07 Å². The van der Waals surface area contributed by atoms with Crippen LogP contribution in [0.4, 0.5) is 5.69 Å². The highest BCUT2D eigenvalue weighted by Gasteiger charge is 2.15. The number of carbonyl (C=O) groups is 1. The minimum Gasteiger partial charge on any atom is -0.482 e. The fraction of sp³-hybridized carbons (Fsp3) is 0.364. The van der Waals surface area contributed by atoms with Crippen LogP contribution in [0.3, 0.4) is 0 Å². The number of benzene rings is 1. The molecular formula is C11H15N3O2. The summed E-state index contributed by atoms with van der Waals surface area (Å²) in [4.78, 5) is 11.1. The summed E-state index contributed by atoms with van der Waals surface area (Å²) in [5, 5.41) is 8.99. The normalized spacial score (nSPS) is 13.9. The van der Waals surface area contributed by atoms with E-state index in [9.17, 15) is 4.79 Å². The lowest BCUT2D eigenvalue weighted by Gasteiger charge is -2.18. The van der Waals surface area contributed by atoms with Gasteiger partial charge in [-0.2, -0.15) is 0 Å². The summed E-state index contributed by atoms with van der Waals surface area (Å²) in [6.07, 6.45) is 0. The lowest BCUT2D eigenvalue weighted by Crippen LogP contribution is -2.27. The van der Waals surface area contributed by atoms with E-state index in [4.69, 9.17) is 4.74 Å². The molecule has 0 saturated carbocycles. The van der Waals surface area contributed by atoms with Gasteiger partial charge >= 0.3 is 0 Å². The topological polar surface area (TPSA) is 62.4 Å². The van der Waals surface area contributed by atoms with E-state index in [1.54, 1.807) is 0 Å². The summed E-state index contributed by atoms with van der Waals surface area (Å²) in [5.74, 6) is 0.629. The van der Waals surface area contributed by atoms with E-state index < -0.39 is 0 Å². The van der Waals surface area contributed by atoms with Gasteiger partial charge < -0.3 is 20.7 Å². The number of hydrogen-bond acceptors (Lipinski definition) is 4. The summed E-state index contributed by atoms with van der Waals surface area (Å²) in [7, 11) is 1.88. The Balaban J connectivity index is 2.06. The number of rotatable bonds is 4. The van der Waals surface area contributed by atoms with Gasteiger partial charge in [-0.15, -0.1) is 0 Å². The van der Waals surface area contributed by atoms with E-state index in [1.165, 1.54) is 0 Å². The zero-order chi connectivity index (χ0) is 11.4. The number of nitrogens with one attached hydrogen (secondary N) is 3. The maximum Gasteiger partial charge on any atom is 0.262 e. The van der Waals surface area contributed by atoms with Gasteiger partial charge in [0, 0.05) is 13.2 Å². The Morgan fingerprint density at radius 2 is 2.38 bits per heavy atom. The smallest absolute Gasteiger partial charge is 0.262 e. The highest BCUT2D eigenvalue weighted by molar-refractivity contribution is 5.95. The molecule has 5 heteroatoms. The summed E-state index contributed by atoms with van der Waals surface area (Å²) >= 11 is 0. The van der Waals surface area contributed by atoms with Crippen LogP contribution in [0.1, 0.15) is 5.56 Å². The van der Waals surface area contributed by atoms with Crippen LogP contribution in [-0.4, -0.2) is 26.2 Å². The van der Waals surface area contributed by atoms with Crippen molar-refractivity contribution in [3.05, 3.63) is 23.8 Å². The van der Waals surface area contributed by atoms with Crippen LogP contribution in [0, 0.1) is 0 Å². The monoisotopic (exact) mass is 221 g/mol. The van der Waals surface area contributed by atoms with Crippen molar-refractivity contribution in [2.45, 2.75) is 6.54 Å². The zero-order valence-corrected chi connectivity index (χ0v) is 9.17. The summed E-state index contributed by atoms with van der Waals surface area (Å²) in [6, 6.07) is 5.79. The third-order valence-electron chi connectivity index (χ3n) is 2.31. The van der Waals surface area contributed by atoms with Gasteiger partial charge in [0.15, 0.2) is 6.61 Å². The van der Waals surface area contributed by atoms with E-state index >= 15 is 0 Å². The Bertz CT molecular complexity index is 393. The van der Waals surface area contributed by atoms with Crippen LogP contribution in [0.5, 0.6) is 5.75 Å². The fourth-order valence-electron chi connectivity index (χ4n) is 1.57. The van der Waals surface area contributed by atoms with Gasteiger partial charge in [-0.05, 0) is 24.7 Å². The van der Waals surface area contributed by atoms with Gasteiger partial charge in [-0.25, -0.2) is 0 Å². The third-order valence-corrected chi connectivity index (χ3v) is 2.31. The van der Waals surface area contributed by atoms with Crippen LogP contribution < -0.4 is 20.7 Å². The van der Waals surface area contributed by atoms with Crippen molar-refractivity contribution in [3.8, 4) is 5.75 Å². The van der Waals surface area contributed by atoms with Crippen LogP contribution in [0.2, 0.25) is 0 Å². The third kappa shape index (κ3) is 2.50. The molecule has 0 aliphatic carbocycles. The Hall–Kier alpha value is -1.59. The number of fused-ring (bicyclic) bond motifs is 1. The molecular weight excluding hydrogens is 206 g/mol. The number of anilines is 1. The van der Waals surface area contributed by atoms with E-state index in [1.807, 2.05) is 25.2 Å². The minimum absolute atomic E-state index is 0.102. The van der Waals surface area contributed by atoms with E-state index in [-0.39, 0.29) is 12.5 Å². The summed E-state index contributed by atoms with van der Waals surface area (Å²) in [6.45, 7) is 1.61. The average Bonchev–Trinajstić information content (AvgIpc) is 2.29. The molecule has 1 heterocycles. The highest BCUT2D eigenvalue weighted by Crippen LogP contribution is 2.28. The molecule has 1 aromatic rings. The number of carbonyl (C=O) groups excluding carboxylic acids is 1. The molecule has 3 N–H and O–H groups in total. The van der Waals surface area contributed by atoms with Crippen LogP contribution >= 0.6 is 0 Å². The van der Waals surface area contributed by atoms with E-state index in [0.29, 0.717) is 0 Å². The molecule has 2 rings (SSSR count). The first-order valence-corrected chi connectivity index (χ1v) is 5.20. The molecule has 86 valence electrons. The van der Waals surface area contributed by atoms with Gasteiger partial charge in [0.25, 0.3) is 5.91 Å². The molecule has 0 bridgehead atoms. The van der Waals surface area contributed by atoms with Crippen molar-refractivity contribution in [3.63, 3.8) is 0 Å². The molecule has 0 unspecified atom stereocenters. The Morgan fingerprint density at radius 1 is 1.50 bits per heavy atom. The molecule has 0 saturated heterocycles. The molecule has 1 amide bonds. The second-order valence-electron chi connectivity index (χ2n) is 3.62. The summed E-state index contributed by atoms with van der Waals surface area (Å²) < 4.78 is 5.27. The summed E-state index contributed by atoms with van der Waals surface area (Å²) in [5.41, 5.74) is 1.86. The maximum atomic E-state index is 11.1. The molecule has 0 radical (unpaired) electrons. The van der Waals surface area contributed by atoms with Gasteiger partial charge in [0.05, 0.1) is 5.69 Å². The number of ether oxygens (including phenoxy) is 1. The predicted octanol–water partition coefficient (Wildman–Crippen LogP) is 0.284. The first kappa shape index (κ1) is 10.9. The lowest BCUT2D eigenvalue weighted by molar-refractivity contribution is -0.118. The average molecular weight is 221 g/mol. The lowest BCUT2D eigenvalue weighted by atomic mass is 10.1. The molecule has 0 atom stereocenters. The second-order valence-corrected chi connectivity index (χ2v) is 3.62. The SMILES string of the molecule is CNCNCc1ccc2c(c1)NC(=O)CO2. The Kier molecular flexibility index (Phi) is 3.38. The van der Waals surface area contributed by atoms with Gasteiger partial charge in [-0.3, -0.25) is 4.79 Å². The molecule has 1 aliphatic heterocycles. The van der Waals surface area contributed by atoms with Crippen molar-refractivity contribution in [2.75, 3.05) is 25.6 Å². The van der Waals surface area contributed by atoms with Crippen molar-refractivity contribution < 1.29 is 9.53 Å². The Morgan fingerprint density at radius 3 is 3.19 bits per heavy atom. The molecule has 0 aromatic heterocycles. The first-order valence-electron chi connectivity index (χ1n) is 5.20. The molecule has 1 aromatic carbocycles. The highest BCUT2D eigenvalue weighted by atomic mass is 16.5. The van der Waals surface area contributed by atoms with E-state index in [2.05, 4.69) is 16.0 Å². The predicted molar refractivity (Wildman–Crippen MR) is 61.3 cm³/mol. The number of hydrogen-bond donors (Lipinski definition) is 3. The molecule has 0 fully saturated rings. The van der Waals surface area contributed by atoms with Crippen LogP contribution in [0.15, 0.2) is 18.2 Å². The van der Waals surface area contributed by atoms with Crippen molar-refractivity contribution >= 4 is 11.6 Å². The minimum atomic E-state index is -0.104. The molecule has 1 aliphatic rings. The zero-order valence-electron chi connectivity index (χ0n) is 9.17. The standard InChI is InChI=1S/C11H15N3O2/c1-12-7-13-5-8-2-3-10-9(4-8)14-11(15)6-16-10/h2-4,12-13H,5-7H2,1H3,(H,14,15). The largest absolute Gasteiger partial charge is 0.482 e. The molecule has 0 spiro atoms. The van der Waals surface area contributed by atoms with Crippen molar-refractivity contribution in [2.24, 2.45) is 0 Å². The van der Waals surface area contributed by atoms with Gasteiger partial charge in [0.1, 0.15) is 5.75 Å². The maximum absolute atomic E-state index is 11.1. The molecule has 16 heavy (non-hydrogen) atoms. The van der Waals surface area contributed by atoms with Crippen LogP contribution in [0.25, 0.3) is 0 Å². The number of amides is 1. The second kappa shape index (κ2) is 4.96. The van der Waals surface area contributed by atoms with Gasteiger partial charge in [0.2, 0.25) is 0 Å². The fourth-order valence-corrected chi connectivity index (χ4v) is 1.57. The Labute approximate surface area is 94.2 Å². The van der Waals surface area contributed by atoms with Crippen LogP contribution in [-0.2, 0) is 11.3 Å². The van der Waals surface area contributed by atoms with Crippen molar-refractivity contribution in [1.29, 1.82) is 0 Å². The quantitative estimate of drug-likeness (QED) is 0.505. The van der Waals surface area contributed by atoms with Crippen molar-refractivity contribution in [1.82, 2.24) is 10.6 Å². The van der Waals surface area contributed by atoms with E-state index in [0.717, 1.165) is 30.2 Å². The molecule has 5 nitrogen and oxygen atoms in total.